The molecule has 4 rings (SSSR count). The van der Waals surface area contributed by atoms with Crippen molar-refractivity contribution in [3.8, 4) is 10.6 Å². The molecule has 0 spiro atoms. The predicted molar refractivity (Wildman–Crippen MR) is 74.9 cm³/mol. The highest BCUT2D eigenvalue weighted by molar-refractivity contribution is 7.15. The Morgan fingerprint density at radius 3 is 2.72 bits per heavy atom. The number of nitrogens with zero attached hydrogens (tertiary/aromatic N) is 1. The van der Waals surface area contributed by atoms with Crippen LogP contribution in [0, 0.1) is 0 Å². The largest absolute Gasteiger partial charge is 0.311 e. The van der Waals surface area contributed by atoms with E-state index < -0.39 is 0 Å². The molecular formula is C15H16N2S. The Hall–Kier alpha value is -1.19. The van der Waals surface area contributed by atoms with Crippen LogP contribution in [0.25, 0.3) is 10.6 Å². The summed E-state index contributed by atoms with van der Waals surface area (Å²) in [6, 6.07) is 9.05. The highest BCUT2D eigenvalue weighted by Gasteiger charge is 2.23. The molecule has 3 heteroatoms. The highest BCUT2D eigenvalue weighted by Crippen LogP contribution is 2.40. The van der Waals surface area contributed by atoms with Crippen LogP contribution in [-0.2, 0) is 13.0 Å². The maximum absolute atomic E-state index is 4.79. The van der Waals surface area contributed by atoms with E-state index in [1.807, 2.05) is 11.3 Å². The molecule has 0 amide bonds. The van der Waals surface area contributed by atoms with Crippen LogP contribution in [0.3, 0.4) is 0 Å². The van der Waals surface area contributed by atoms with Crippen molar-refractivity contribution < 1.29 is 0 Å². The maximum atomic E-state index is 4.79. The van der Waals surface area contributed by atoms with E-state index in [4.69, 9.17) is 4.98 Å². The first-order chi connectivity index (χ1) is 8.90. The lowest BCUT2D eigenvalue weighted by Crippen LogP contribution is -2.22. The highest BCUT2D eigenvalue weighted by atomic mass is 32.1. The average Bonchev–Trinajstić information content (AvgIpc) is 3.18. The van der Waals surface area contributed by atoms with Crippen molar-refractivity contribution in [2.75, 3.05) is 6.54 Å². The van der Waals surface area contributed by atoms with Gasteiger partial charge in [-0.05, 0) is 24.3 Å². The van der Waals surface area contributed by atoms with Gasteiger partial charge in [-0.3, -0.25) is 0 Å². The minimum absolute atomic E-state index is 0.841. The van der Waals surface area contributed by atoms with Crippen LogP contribution in [0.15, 0.2) is 24.3 Å². The van der Waals surface area contributed by atoms with E-state index in [0.29, 0.717) is 0 Å². The zero-order valence-corrected chi connectivity index (χ0v) is 11.1. The van der Waals surface area contributed by atoms with Gasteiger partial charge in [0, 0.05) is 30.0 Å². The number of benzene rings is 1. The van der Waals surface area contributed by atoms with Gasteiger partial charge in [0.2, 0.25) is 0 Å². The third kappa shape index (κ3) is 1.88. The van der Waals surface area contributed by atoms with E-state index in [1.165, 1.54) is 39.5 Å². The van der Waals surface area contributed by atoms with Gasteiger partial charge < -0.3 is 5.32 Å². The fourth-order valence-corrected chi connectivity index (χ4v) is 3.65. The normalized spacial score (nSPS) is 18.7. The lowest BCUT2D eigenvalue weighted by atomic mass is 10.1. The summed E-state index contributed by atoms with van der Waals surface area (Å²) in [7, 11) is 0. The van der Waals surface area contributed by atoms with Gasteiger partial charge in [0.05, 0.1) is 5.69 Å². The molecule has 2 aromatic rings. The molecule has 1 aliphatic heterocycles. The second-order valence-electron chi connectivity index (χ2n) is 5.21. The predicted octanol–water partition coefficient (Wildman–Crippen LogP) is 3.33. The summed E-state index contributed by atoms with van der Waals surface area (Å²) < 4.78 is 0. The van der Waals surface area contributed by atoms with E-state index in [2.05, 4.69) is 29.6 Å². The van der Waals surface area contributed by atoms with Crippen molar-refractivity contribution in [3.63, 3.8) is 0 Å². The number of nitrogens with one attached hydrogen (secondary N) is 1. The number of hydrogen-bond acceptors (Lipinski definition) is 3. The summed E-state index contributed by atoms with van der Waals surface area (Å²) in [6.07, 6.45) is 3.82. The summed E-state index contributed by atoms with van der Waals surface area (Å²) in [5, 5.41) is 4.59. The standard InChI is InChI=1S/C15H16N2S/c1-2-10(1)11-3-5-12(6-4-11)15-17-13-7-8-16-9-14(13)18-15/h3-6,10,16H,1-2,7-9H2. The van der Waals surface area contributed by atoms with Crippen LogP contribution in [0.5, 0.6) is 0 Å². The Bertz CT molecular complexity index is 543. The Morgan fingerprint density at radius 1 is 1.17 bits per heavy atom. The first-order valence-corrected chi connectivity index (χ1v) is 7.51. The molecule has 2 aliphatic rings. The third-order valence-corrected chi connectivity index (χ3v) is 4.96. The summed E-state index contributed by atoms with van der Waals surface area (Å²) in [6.45, 7) is 2.06. The Labute approximate surface area is 111 Å². The molecule has 0 saturated heterocycles. The summed E-state index contributed by atoms with van der Waals surface area (Å²) in [5.74, 6) is 0.841. The fraction of sp³-hybridized carbons (Fsp3) is 0.400. The quantitative estimate of drug-likeness (QED) is 0.891. The lowest BCUT2D eigenvalue weighted by Gasteiger charge is -2.09. The molecule has 18 heavy (non-hydrogen) atoms. The molecule has 92 valence electrons. The zero-order chi connectivity index (χ0) is 11.9. The van der Waals surface area contributed by atoms with Gasteiger partial charge in [-0.2, -0.15) is 0 Å². The van der Waals surface area contributed by atoms with E-state index in [9.17, 15) is 0 Å². The van der Waals surface area contributed by atoms with Crippen molar-refractivity contribution in [2.24, 2.45) is 0 Å². The molecule has 0 bridgehead atoms. The smallest absolute Gasteiger partial charge is 0.123 e. The van der Waals surface area contributed by atoms with E-state index in [0.717, 1.165) is 25.4 Å². The minimum atomic E-state index is 0.841. The monoisotopic (exact) mass is 256 g/mol. The van der Waals surface area contributed by atoms with Crippen molar-refractivity contribution in [3.05, 3.63) is 40.4 Å². The van der Waals surface area contributed by atoms with E-state index >= 15 is 0 Å². The molecule has 0 atom stereocenters. The van der Waals surface area contributed by atoms with Gasteiger partial charge in [-0.1, -0.05) is 24.3 Å². The fourth-order valence-electron chi connectivity index (χ4n) is 2.56. The number of thiazole rings is 1. The van der Waals surface area contributed by atoms with Crippen molar-refractivity contribution in [1.29, 1.82) is 0 Å². The number of rotatable bonds is 2. The van der Waals surface area contributed by atoms with Gasteiger partial charge in [-0.15, -0.1) is 11.3 Å². The molecular weight excluding hydrogens is 240 g/mol. The molecule has 2 heterocycles. The number of aromatic nitrogens is 1. The number of hydrogen-bond donors (Lipinski definition) is 1. The topological polar surface area (TPSA) is 24.9 Å². The first kappa shape index (κ1) is 10.7. The minimum Gasteiger partial charge on any atom is -0.311 e. The SMILES string of the molecule is c1cc(C2CC2)ccc1-c1nc2c(s1)CNCC2. The molecule has 1 aromatic carbocycles. The van der Waals surface area contributed by atoms with Crippen molar-refractivity contribution in [2.45, 2.75) is 31.7 Å². The van der Waals surface area contributed by atoms with Crippen molar-refractivity contribution in [1.82, 2.24) is 10.3 Å². The van der Waals surface area contributed by atoms with Gasteiger partial charge in [0.15, 0.2) is 0 Å². The van der Waals surface area contributed by atoms with E-state index in [-0.39, 0.29) is 0 Å². The molecule has 2 nitrogen and oxygen atoms in total. The second-order valence-corrected chi connectivity index (χ2v) is 6.30. The van der Waals surface area contributed by atoms with Crippen LogP contribution in [0.4, 0.5) is 0 Å². The van der Waals surface area contributed by atoms with Gasteiger partial charge in [0.1, 0.15) is 5.01 Å². The molecule has 0 radical (unpaired) electrons. The lowest BCUT2D eigenvalue weighted by molar-refractivity contribution is 0.644. The average molecular weight is 256 g/mol. The molecule has 1 aromatic heterocycles. The Morgan fingerprint density at radius 2 is 2.00 bits per heavy atom. The summed E-state index contributed by atoms with van der Waals surface area (Å²) in [4.78, 5) is 6.21. The van der Waals surface area contributed by atoms with Crippen LogP contribution in [0.2, 0.25) is 0 Å². The molecule has 1 N–H and O–H groups in total. The van der Waals surface area contributed by atoms with Crippen LogP contribution >= 0.6 is 11.3 Å². The van der Waals surface area contributed by atoms with Crippen LogP contribution in [-0.4, -0.2) is 11.5 Å². The molecule has 1 fully saturated rings. The summed E-state index contributed by atoms with van der Waals surface area (Å²) >= 11 is 1.84. The van der Waals surface area contributed by atoms with Gasteiger partial charge in [0.25, 0.3) is 0 Å². The number of fused-ring (bicyclic) bond motifs is 1. The first-order valence-electron chi connectivity index (χ1n) is 6.70. The molecule has 1 aliphatic carbocycles. The Kier molecular flexibility index (Phi) is 2.49. The van der Waals surface area contributed by atoms with Crippen LogP contribution < -0.4 is 5.32 Å². The Balaban J connectivity index is 1.66. The summed E-state index contributed by atoms with van der Waals surface area (Å²) in [5.41, 5.74) is 4.08. The molecule has 1 saturated carbocycles. The van der Waals surface area contributed by atoms with Crippen molar-refractivity contribution >= 4 is 11.3 Å². The maximum Gasteiger partial charge on any atom is 0.123 e. The third-order valence-electron chi connectivity index (χ3n) is 3.81. The second kappa shape index (κ2) is 4.18. The van der Waals surface area contributed by atoms with Gasteiger partial charge >= 0.3 is 0 Å². The van der Waals surface area contributed by atoms with E-state index in [1.54, 1.807) is 0 Å². The zero-order valence-electron chi connectivity index (χ0n) is 10.3. The van der Waals surface area contributed by atoms with Gasteiger partial charge in [-0.25, -0.2) is 4.98 Å². The van der Waals surface area contributed by atoms with Crippen LogP contribution in [0.1, 0.15) is 34.9 Å². The molecule has 0 unspecified atom stereocenters.